The van der Waals surface area contributed by atoms with Crippen molar-refractivity contribution in [2.75, 3.05) is 6.61 Å². The molecule has 7 heteroatoms. The zero-order valence-electron chi connectivity index (χ0n) is 18.4. The minimum absolute atomic E-state index is 0.277. The summed E-state index contributed by atoms with van der Waals surface area (Å²) in [7, 11) is 0. The Hall–Kier alpha value is -3.74. The number of nitrogens with zero attached hydrogens (tertiary/aromatic N) is 4. The van der Waals surface area contributed by atoms with Gasteiger partial charge < -0.3 is 9.30 Å². The Morgan fingerprint density at radius 1 is 1.00 bits per heavy atom. The van der Waals surface area contributed by atoms with Crippen LogP contribution in [0.1, 0.15) is 48.4 Å². The Morgan fingerprint density at radius 3 is 2.47 bits per heavy atom. The predicted octanol–water partition coefficient (Wildman–Crippen LogP) is 4.90. The number of carbonyl (C=O) groups is 1. The summed E-state index contributed by atoms with van der Waals surface area (Å²) in [6.07, 6.45) is 3.12. The normalized spacial score (nSPS) is 10.9. The van der Waals surface area contributed by atoms with Crippen molar-refractivity contribution in [3.63, 3.8) is 0 Å². The molecule has 0 aliphatic carbocycles. The molecular weight excluding hydrogens is 402 g/mol. The lowest BCUT2D eigenvalue weighted by Gasteiger charge is -2.14. The summed E-state index contributed by atoms with van der Waals surface area (Å²) in [6, 6.07) is 20.3. The summed E-state index contributed by atoms with van der Waals surface area (Å²) < 4.78 is 7.35. The van der Waals surface area contributed by atoms with Crippen molar-refractivity contribution in [3.8, 4) is 22.5 Å². The number of carbonyl (C=O) groups excluding carboxylic acids is 1. The maximum Gasteiger partial charge on any atom is 0.354 e. The molecule has 4 rings (SSSR count). The van der Waals surface area contributed by atoms with Crippen molar-refractivity contribution in [1.29, 1.82) is 0 Å². The highest BCUT2D eigenvalue weighted by Crippen LogP contribution is 2.30. The molecule has 164 valence electrons. The molecule has 7 nitrogen and oxygen atoms in total. The number of ether oxygens (including phenoxy) is 1. The zero-order valence-corrected chi connectivity index (χ0v) is 18.4. The quantitative estimate of drug-likeness (QED) is 0.382. The first-order valence-corrected chi connectivity index (χ1v) is 11.0. The maximum atomic E-state index is 12.5. The summed E-state index contributed by atoms with van der Waals surface area (Å²) in [5, 5.41) is 14.4. The number of aromatic amines is 1. The van der Waals surface area contributed by atoms with E-state index in [1.807, 2.05) is 43.3 Å². The molecule has 0 radical (unpaired) electrons. The summed E-state index contributed by atoms with van der Waals surface area (Å²) in [4.78, 5) is 12.5. The Labute approximate surface area is 187 Å². The topological polar surface area (TPSA) is 85.7 Å². The second kappa shape index (κ2) is 10.0. The Kier molecular flexibility index (Phi) is 6.75. The summed E-state index contributed by atoms with van der Waals surface area (Å²) in [5.74, 6) is 0.289. The molecular formula is C25H27N5O2. The van der Waals surface area contributed by atoms with Gasteiger partial charge in [0.2, 0.25) is 5.82 Å². The third-order valence-corrected chi connectivity index (χ3v) is 5.46. The van der Waals surface area contributed by atoms with Gasteiger partial charge in [-0.1, -0.05) is 61.9 Å². The Bertz CT molecular complexity index is 1160. The van der Waals surface area contributed by atoms with Crippen LogP contribution in [0.15, 0.2) is 60.7 Å². The molecule has 0 saturated carbocycles. The number of benzene rings is 2. The van der Waals surface area contributed by atoms with Crippen LogP contribution in [0.2, 0.25) is 0 Å². The van der Waals surface area contributed by atoms with E-state index in [0.29, 0.717) is 24.7 Å². The smallest absolute Gasteiger partial charge is 0.354 e. The molecule has 0 saturated heterocycles. The second-order valence-electron chi connectivity index (χ2n) is 7.60. The first-order chi connectivity index (χ1) is 15.7. The molecule has 2 aromatic heterocycles. The number of hydrogen-bond acceptors (Lipinski definition) is 5. The number of aryl methyl sites for hydroxylation is 1. The maximum absolute atomic E-state index is 12.5. The average Bonchev–Trinajstić information content (AvgIpc) is 3.49. The van der Waals surface area contributed by atoms with E-state index >= 15 is 0 Å². The number of rotatable bonds is 9. The molecule has 0 unspecified atom stereocenters. The third-order valence-electron chi connectivity index (χ3n) is 5.46. The van der Waals surface area contributed by atoms with Crippen LogP contribution >= 0.6 is 0 Å². The largest absolute Gasteiger partial charge is 0.461 e. The van der Waals surface area contributed by atoms with Gasteiger partial charge in [0.25, 0.3) is 0 Å². The number of nitrogens with one attached hydrogen (secondary N) is 1. The molecule has 0 bridgehead atoms. The van der Waals surface area contributed by atoms with Crippen LogP contribution < -0.4 is 0 Å². The van der Waals surface area contributed by atoms with Gasteiger partial charge in [0.1, 0.15) is 5.69 Å². The average molecular weight is 430 g/mol. The number of H-pyrrole nitrogens is 1. The fourth-order valence-electron chi connectivity index (χ4n) is 3.83. The highest BCUT2D eigenvalue weighted by Gasteiger charge is 2.16. The van der Waals surface area contributed by atoms with Gasteiger partial charge >= 0.3 is 5.97 Å². The van der Waals surface area contributed by atoms with Gasteiger partial charge in [-0.25, -0.2) is 4.79 Å². The van der Waals surface area contributed by atoms with Crippen molar-refractivity contribution in [2.45, 2.75) is 39.7 Å². The van der Waals surface area contributed by atoms with E-state index in [9.17, 15) is 4.79 Å². The number of unbranched alkanes of at least 4 members (excludes halogenated alkanes) is 1. The lowest BCUT2D eigenvalue weighted by Crippen LogP contribution is -2.15. The number of tetrazole rings is 1. The van der Waals surface area contributed by atoms with Crippen LogP contribution in [0.5, 0.6) is 0 Å². The Morgan fingerprint density at radius 2 is 1.78 bits per heavy atom. The monoisotopic (exact) mass is 429 g/mol. The lowest BCUT2D eigenvalue weighted by atomic mass is 9.98. The molecule has 0 aliphatic heterocycles. The molecule has 0 atom stereocenters. The summed E-state index contributed by atoms with van der Waals surface area (Å²) in [5.41, 5.74) is 5.90. The van der Waals surface area contributed by atoms with E-state index in [0.717, 1.165) is 47.2 Å². The van der Waals surface area contributed by atoms with Gasteiger partial charge in [0.15, 0.2) is 0 Å². The molecule has 2 heterocycles. The van der Waals surface area contributed by atoms with Crippen LogP contribution in [-0.4, -0.2) is 37.8 Å². The minimum Gasteiger partial charge on any atom is -0.461 e. The van der Waals surface area contributed by atoms with Crippen molar-refractivity contribution in [2.24, 2.45) is 0 Å². The van der Waals surface area contributed by atoms with Crippen molar-refractivity contribution < 1.29 is 9.53 Å². The number of hydrogen-bond donors (Lipinski definition) is 1. The predicted molar refractivity (Wildman–Crippen MR) is 123 cm³/mol. The zero-order chi connectivity index (χ0) is 22.3. The van der Waals surface area contributed by atoms with Crippen LogP contribution in [0.25, 0.3) is 22.5 Å². The highest BCUT2D eigenvalue weighted by atomic mass is 16.5. The first-order valence-electron chi connectivity index (χ1n) is 11.0. The van der Waals surface area contributed by atoms with E-state index in [4.69, 9.17) is 4.74 Å². The number of aromatic nitrogens is 5. The standard InChI is InChI=1S/C25H27N5O2/c1-3-5-8-20-15-16-23(25(31)32-4-2)30(20)17-18-11-13-19(14-12-18)21-9-6-7-10-22(21)24-26-28-29-27-24/h6-7,9-16H,3-5,8,17H2,1-2H3,(H,26,27,28,29). The van der Waals surface area contributed by atoms with E-state index in [2.05, 4.69) is 56.4 Å². The first kappa shape index (κ1) is 21.5. The number of esters is 1. The Balaban J connectivity index is 1.62. The van der Waals surface area contributed by atoms with Crippen LogP contribution in [-0.2, 0) is 17.7 Å². The molecule has 0 fully saturated rings. The van der Waals surface area contributed by atoms with Gasteiger partial charge in [0.05, 0.1) is 6.61 Å². The van der Waals surface area contributed by atoms with Gasteiger partial charge in [-0.2, -0.15) is 5.21 Å². The van der Waals surface area contributed by atoms with E-state index in [1.54, 1.807) is 0 Å². The van der Waals surface area contributed by atoms with E-state index < -0.39 is 0 Å². The fourth-order valence-corrected chi connectivity index (χ4v) is 3.83. The third kappa shape index (κ3) is 4.61. The van der Waals surface area contributed by atoms with Crippen molar-refractivity contribution in [1.82, 2.24) is 25.2 Å². The SMILES string of the molecule is CCCCc1ccc(C(=O)OCC)n1Cc1ccc(-c2ccccc2-c2nn[nH]n2)cc1. The molecule has 0 aliphatic rings. The fraction of sp³-hybridized carbons (Fsp3) is 0.280. The molecule has 1 N–H and O–H groups in total. The van der Waals surface area contributed by atoms with E-state index in [1.165, 1.54) is 0 Å². The molecule has 0 amide bonds. The van der Waals surface area contributed by atoms with Crippen molar-refractivity contribution >= 4 is 5.97 Å². The van der Waals surface area contributed by atoms with Gasteiger partial charge in [0, 0.05) is 17.8 Å². The molecule has 32 heavy (non-hydrogen) atoms. The van der Waals surface area contributed by atoms with Crippen LogP contribution in [0.4, 0.5) is 0 Å². The van der Waals surface area contributed by atoms with Gasteiger partial charge in [-0.3, -0.25) is 0 Å². The molecule has 4 aromatic rings. The van der Waals surface area contributed by atoms with Crippen LogP contribution in [0.3, 0.4) is 0 Å². The minimum atomic E-state index is -0.277. The van der Waals surface area contributed by atoms with Crippen molar-refractivity contribution in [3.05, 3.63) is 77.6 Å². The summed E-state index contributed by atoms with van der Waals surface area (Å²) >= 11 is 0. The van der Waals surface area contributed by atoms with Gasteiger partial charge in [-0.15, -0.1) is 10.2 Å². The van der Waals surface area contributed by atoms with Gasteiger partial charge in [-0.05, 0) is 53.8 Å². The van der Waals surface area contributed by atoms with E-state index in [-0.39, 0.29) is 5.97 Å². The highest BCUT2D eigenvalue weighted by molar-refractivity contribution is 5.88. The lowest BCUT2D eigenvalue weighted by molar-refractivity contribution is 0.0514. The van der Waals surface area contributed by atoms with Crippen LogP contribution in [0, 0.1) is 0 Å². The molecule has 2 aromatic carbocycles. The summed E-state index contributed by atoms with van der Waals surface area (Å²) in [6.45, 7) is 4.98. The second-order valence-corrected chi connectivity index (χ2v) is 7.60. The molecule has 0 spiro atoms.